The van der Waals surface area contributed by atoms with E-state index in [-0.39, 0.29) is 6.10 Å². The normalized spacial score (nSPS) is 20.3. The van der Waals surface area contributed by atoms with Crippen molar-refractivity contribution >= 4 is 5.82 Å². The van der Waals surface area contributed by atoms with E-state index in [1.807, 2.05) is 26.0 Å². The highest BCUT2D eigenvalue weighted by Gasteiger charge is 2.36. The topological polar surface area (TPSA) is 54.4 Å². The molecule has 0 unspecified atom stereocenters. The molecule has 118 valence electrons. The van der Waals surface area contributed by atoms with Crippen LogP contribution in [0.15, 0.2) is 18.3 Å². The van der Waals surface area contributed by atoms with Gasteiger partial charge in [-0.25, -0.2) is 4.98 Å². The smallest absolute Gasteiger partial charge is 0.168 e. The molecule has 4 heteroatoms. The average molecular weight is 292 g/mol. The lowest BCUT2D eigenvalue weighted by atomic mass is 9.71. The van der Waals surface area contributed by atoms with Crippen LogP contribution in [0.3, 0.4) is 0 Å². The summed E-state index contributed by atoms with van der Waals surface area (Å²) in [4.78, 5) is 4.33. The minimum Gasteiger partial charge on any atom is -0.487 e. The van der Waals surface area contributed by atoms with Crippen LogP contribution in [0.1, 0.15) is 53.4 Å². The van der Waals surface area contributed by atoms with Gasteiger partial charge in [0.2, 0.25) is 0 Å². The first-order chi connectivity index (χ1) is 9.80. The minimum atomic E-state index is -0.637. The van der Waals surface area contributed by atoms with Crippen molar-refractivity contribution in [1.82, 2.24) is 4.98 Å². The summed E-state index contributed by atoms with van der Waals surface area (Å²) in [5.74, 6) is 1.46. The Hall–Kier alpha value is -1.29. The van der Waals surface area contributed by atoms with Gasteiger partial charge < -0.3 is 15.2 Å². The second kappa shape index (κ2) is 6.22. The van der Waals surface area contributed by atoms with Crippen LogP contribution in [0.5, 0.6) is 5.75 Å². The Morgan fingerprint density at radius 2 is 1.95 bits per heavy atom. The predicted molar refractivity (Wildman–Crippen MR) is 85.7 cm³/mol. The predicted octanol–water partition coefficient (Wildman–Crippen LogP) is 3.61. The van der Waals surface area contributed by atoms with Gasteiger partial charge in [-0.1, -0.05) is 13.8 Å². The molecule has 0 saturated heterocycles. The van der Waals surface area contributed by atoms with Gasteiger partial charge >= 0.3 is 0 Å². The van der Waals surface area contributed by atoms with Crippen LogP contribution < -0.4 is 10.1 Å². The standard InChI is InChI=1S/C17H28N2O2/c1-13(2)21-14-6-5-11-18-15(14)19-12-17(20)9-7-16(3,4)8-10-17/h5-6,11,13,20H,7-10,12H2,1-4H3,(H,18,19). The maximum atomic E-state index is 10.7. The van der Waals surface area contributed by atoms with Crippen LogP contribution in [-0.2, 0) is 0 Å². The molecular formula is C17H28N2O2. The number of aromatic nitrogens is 1. The lowest BCUT2D eigenvalue weighted by Crippen LogP contribution is -2.42. The molecule has 1 aromatic rings. The highest BCUT2D eigenvalue weighted by molar-refractivity contribution is 5.49. The van der Waals surface area contributed by atoms with Crippen molar-refractivity contribution in [1.29, 1.82) is 0 Å². The monoisotopic (exact) mass is 292 g/mol. The molecule has 0 bridgehead atoms. The molecular weight excluding hydrogens is 264 g/mol. The quantitative estimate of drug-likeness (QED) is 0.870. The molecule has 0 atom stereocenters. The molecule has 0 aliphatic heterocycles. The highest BCUT2D eigenvalue weighted by Crippen LogP contribution is 2.40. The van der Waals surface area contributed by atoms with E-state index < -0.39 is 5.60 Å². The molecule has 4 nitrogen and oxygen atoms in total. The van der Waals surface area contributed by atoms with Crippen molar-refractivity contribution in [3.05, 3.63) is 18.3 Å². The van der Waals surface area contributed by atoms with Gasteiger partial charge in [0, 0.05) is 12.7 Å². The summed E-state index contributed by atoms with van der Waals surface area (Å²) in [7, 11) is 0. The van der Waals surface area contributed by atoms with Gasteiger partial charge in [0.1, 0.15) is 0 Å². The van der Waals surface area contributed by atoms with Gasteiger partial charge in [0.05, 0.1) is 11.7 Å². The van der Waals surface area contributed by atoms with Crippen LogP contribution in [0, 0.1) is 5.41 Å². The Bertz CT molecular complexity index is 462. The molecule has 1 saturated carbocycles. The van der Waals surface area contributed by atoms with E-state index in [1.54, 1.807) is 6.20 Å². The minimum absolute atomic E-state index is 0.105. The van der Waals surface area contributed by atoms with Gasteiger partial charge in [0.25, 0.3) is 0 Å². The highest BCUT2D eigenvalue weighted by atomic mass is 16.5. The van der Waals surface area contributed by atoms with Crippen molar-refractivity contribution in [2.45, 2.75) is 65.1 Å². The summed E-state index contributed by atoms with van der Waals surface area (Å²) in [6.45, 7) is 9.05. The van der Waals surface area contributed by atoms with E-state index in [4.69, 9.17) is 4.74 Å². The van der Waals surface area contributed by atoms with Gasteiger partial charge in [-0.3, -0.25) is 0 Å². The van der Waals surface area contributed by atoms with Crippen LogP contribution in [-0.4, -0.2) is 28.3 Å². The third kappa shape index (κ3) is 4.60. The first kappa shape index (κ1) is 16.1. The number of rotatable bonds is 5. The Labute approximate surface area is 127 Å². The fraction of sp³-hybridized carbons (Fsp3) is 0.706. The second-order valence-electron chi connectivity index (χ2n) is 7.26. The number of nitrogens with one attached hydrogen (secondary N) is 1. The maximum absolute atomic E-state index is 10.7. The van der Waals surface area contributed by atoms with Gasteiger partial charge in [-0.2, -0.15) is 0 Å². The molecule has 2 rings (SSSR count). The maximum Gasteiger partial charge on any atom is 0.168 e. The number of hydrogen-bond acceptors (Lipinski definition) is 4. The molecule has 2 N–H and O–H groups in total. The molecule has 21 heavy (non-hydrogen) atoms. The lowest BCUT2D eigenvalue weighted by molar-refractivity contribution is -0.0146. The number of ether oxygens (including phenoxy) is 1. The molecule has 1 heterocycles. The van der Waals surface area contributed by atoms with Crippen molar-refractivity contribution in [3.63, 3.8) is 0 Å². The molecule has 0 radical (unpaired) electrons. The molecule has 0 spiro atoms. The van der Waals surface area contributed by atoms with Crippen molar-refractivity contribution in [2.24, 2.45) is 5.41 Å². The zero-order valence-electron chi connectivity index (χ0n) is 13.6. The van der Waals surface area contributed by atoms with Gasteiger partial charge in [-0.15, -0.1) is 0 Å². The van der Waals surface area contributed by atoms with E-state index >= 15 is 0 Å². The average Bonchev–Trinajstić information content (AvgIpc) is 2.41. The zero-order chi connectivity index (χ0) is 15.5. The summed E-state index contributed by atoms with van der Waals surface area (Å²) < 4.78 is 5.74. The Morgan fingerprint density at radius 3 is 2.57 bits per heavy atom. The largest absolute Gasteiger partial charge is 0.487 e. The molecule has 1 aromatic heterocycles. The van der Waals surface area contributed by atoms with Gasteiger partial charge in [-0.05, 0) is 57.1 Å². The molecule has 1 fully saturated rings. The fourth-order valence-corrected chi connectivity index (χ4v) is 2.69. The van der Waals surface area contributed by atoms with E-state index in [9.17, 15) is 5.11 Å². The van der Waals surface area contributed by atoms with E-state index in [2.05, 4.69) is 24.1 Å². The molecule has 0 amide bonds. The summed E-state index contributed by atoms with van der Waals surface area (Å²) in [5.41, 5.74) is -0.286. The lowest BCUT2D eigenvalue weighted by Gasteiger charge is -2.40. The number of anilines is 1. The summed E-state index contributed by atoms with van der Waals surface area (Å²) >= 11 is 0. The van der Waals surface area contributed by atoms with E-state index in [1.165, 1.54) is 0 Å². The van der Waals surface area contributed by atoms with Crippen LogP contribution in [0.25, 0.3) is 0 Å². The number of nitrogens with zero attached hydrogens (tertiary/aromatic N) is 1. The summed E-state index contributed by atoms with van der Waals surface area (Å²) in [5, 5.41) is 14.0. The number of pyridine rings is 1. The summed E-state index contributed by atoms with van der Waals surface area (Å²) in [6, 6.07) is 3.77. The summed E-state index contributed by atoms with van der Waals surface area (Å²) in [6.07, 6.45) is 5.63. The van der Waals surface area contributed by atoms with Crippen LogP contribution >= 0.6 is 0 Å². The first-order valence-corrected chi connectivity index (χ1v) is 7.88. The van der Waals surface area contributed by atoms with E-state index in [0.29, 0.717) is 17.8 Å². The van der Waals surface area contributed by atoms with Crippen molar-refractivity contribution < 1.29 is 9.84 Å². The zero-order valence-corrected chi connectivity index (χ0v) is 13.6. The van der Waals surface area contributed by atoms with Crippen molar-refractivity contribution in [2.75, 3.05) is 11.9 Å². The first-order valence-electron chi connectivity index (χ1n) is 7.88. The Balaban J connectivity index is 1.97. The van der Waals surface area contributed by atoms with Crippen LogP contribution in [0.2, 0.25) is 0 Å². The molecule has 1 aliphatic rings. The molecule has 0 aromatic carbocycles. The number of hydrogen-bond donors (Lipinski definition) is 2. The Kier molecular flexibility index (Phi) is 4.77. The fourth-order valence-electron chi connectivity index (χ4n) is 2.69. The third-order valence-corrected chi connectivity index (χ3v) is 4.25. The van der Waals surface area contributed by atoms with Crippen molar-refractivity contribution in [3.8, 4) is 5.75 Å². The second-order valence-corrected chi connectivity index (χ2v) is 7.26. The third-order valence-electron chi connectivity index (χ3n) is 4.25. The van der Waals surface area contributed by atoms with E-state index in [0.717, 1.165) is 31.4 Å². The van der Waals surface area contributed by atoms with Gasteiger partial charge in [0.15, 0.2) is 11.6 Å². The SMILES string of the molecule is CC(C)Oc1cccnc1NCC1(O)CCC(C)(C)CC1. The molecule has 1 aliphatic carbocycles. The Morgan fingerprint density at radius 1 is 1.29 bits per heavy atom. The van der Waals surface area contributed by atoms with Crippen LogP contribution in [0.4, 0.5) is 5.82 Å². The number of aliphatic hydroxyl groups is 1.